The lowest BCUT2D eigenvalue weighted by atomic mass is 10.1. The molecule has 0 fully saturated rings. The van der Waals surface area contributed by atoms with E-state index < -0.39 is 0 Å². The second-order valence-electron chi connectivity index (χ2n) is 3.52. The third kappa shape index (κ3) is 2.36. The van der Waals surface area contributed by atoms with Crippen molar-refractivity contribution in [3.8, 4) is 0 Å². The third-order valence-electron chi connectivity index (χ3n) is 2.41. The molecule has 2 N–H and O–H groups in total. The van der Waals surface area contributed by atoms with Crippen LogP contribution in [-0.4, -0.2) is 10.1 Å². The molecular formula is C11H14BrClN2. The molecular weight excluding hydrogens is 275 g/mol. The van der Waals surface area contributed by atoms with E-state index in [1.165, 1.54) is 22.0 Å². The molecule has 0 radical (unpaired) electrons. The van der Waals surface area contributed by atoms with Gasteiger partial charge in [0, 0.05) is 11.6 Å². The normalized spacial score (nSPS) is 10.3. The zero-order valence-corrected chi connectivity index (χ0v) is 10.9. The van der Waals surface area contributed by atoms with Crippen molar-refractivity contribution in [3.05, 3.63) is 35.5 Å². The standard InChI is InChI=1S/C11H13BrN2.ClH/c1-8-2-3-10-9(4-5-13)7-14(12)11(10)6-8;/h2-3,6-7H,4-5,13H2,1H3;1H. The van der Waals surface area contributed by atoms with E-state index in [0.717, 1.165) is 6.42 Å². The van der Waals surface area contributed by atoms with Gasteiger partial charge in [-0.25, -0.2) is 0 Å². The van der Waals surface area contributed by atoms with Crippen molar-refractivity contribution < 1.29 is 0 Å². The highest BCUT2D eigenvalue weighted by Gasteiger charge is 2.05. The van der Waals surface area contributed by atoms with E-state index in [2.05, 4.69) is 47.5 Å². The lowest BCUT2D eigenvalue weighted by Crippen LogP contribution is -2.01. The van der Waals surface area contributed by atoms with Gasteiger partial charge < -0.3 is 5.73 Å². The van der Waals surface area contributed by atoms with Crippen LogP contribution in [0.5, 0.6) is 0 Å². The van der Waals surface area contributed by atoms with E-state index in [1.54, 1.807) is 0 Å². The molecule has 1 aromatic heterocycles. The Hall–Kier alpha value is -0.510. The number of hydrogen-bond acceptors (Lipinski definition) is 1. The Morgan fingerprint density at radius 1 is 1.40 bits per heavy atom. The summed E-state index contributed by atoms with van der Waals surface area (Å²) in [6.45, 7) is 2.79. The van der Waals surface area contributed by atoms with E-state index in [0.29, 0.717) is 6.54 Å². The van der Waals surface area contributed by atoms with Gasteiger partial charge in [-0.2, -0.15) is 0 Å². The Balaban J connectivity index is 0.00000112. The fourth-order valence-corrected chi connectivity index (χ4v) is 2.26. The van der Waals surface area contributed by atoms with Gasteiger partial charge in [0.2, 0.25) is 0 Å². The van der Waals surface area contributed by atoms with Crippen molar-refractivity contribution in [1.29, 1.82) is 0 Å². The molecule has 2 nitrogen and oxygen atoms in total. The smallest absolute Gasteiger partial charge is 0.0596 e. The second-order valence-corrected chi connectivity index (χ2v) is 4.29. The van der Waals surface area contributed by atoms with Crippen LogP contribution in [0.4, 0.5) is 0 Å². The van der Waals surface area contributed by atoms with Gasteiger partial charge in [-0.05, 0) is 37.1 Å². The Morgan fingerprint density at radius 3 is 2.80 bits per heavy atom. The molecule has 0 aliphatic heterocycles. The van der Waals surface area contributed by atoms with E-state index in [4.69, 9.17) is 5.73 Å². The van der Waals surface area contributed by atoms with Gasteiger partial charge in [-0.15, -0.1) is 12.4 Å². The molecule has 0 saturated heterocycles. The first-order chi connectivity index (χ1) is 6.72. The van der Waals surface area contributed by atoms with E-state index in [9.17, 15) is 0 Å². The summed E-state index contributed by atoms with van der Waals surface area (Å²) in [6, 6.07) is 6.47. The molecule has 1 aromatic carbocycles. The summed E-state index contributed by atoms with van der Waals surface area (Å²) in [5, 5.41) is 1.29. The van der Waals surface area contributed by atoms with Crippen molar-refractivity contribution in [2.24, 2.45) is 5.73 Å². The molecule has 0 bridgehead atoms. The lowest BCUT2D eigenvalue weighted by molar-refractivity contribution is 0.975. The predicted octanol–water partition coefficient (Wildman–Crippen LogP) is 3.03. The summed E-state index contributed by atoms with van der Waals surface area (Å²) in [4.78, 5) is 0. The summed E-state index contributed by atoms with van der Waals surface area (Å²) in [6.07, 6.45) is 3.02. The SMILES string of the molecule is Cc1ccc2c(CCN)cn(Br)c2c1.Cl. The minimum Gasteiger partial charge on any atom is -0.330 e. The zero-order valence-electron chi connectivity index (χ0n) is 8.53. The summed E-state index contributed by atoms with van der Waals surface area (Å²) in [5.41, 5.74) is 9.36. The fourth-order valence-electron chi connectivity index (χ4n) is 1.72. The van der Waals surface area contributed by atoms with Crippen LogP contribution in [0.2, 0.25) is 0 Å². The molecule has 1 heterocycles. The topological polar surface area (TPSA) is 30.9 Å². The first-order valence-electron chi connectivity index (χ1n) is 4.69. The molecule has 0 spiro atoms. The van der Waals surface area contributed by atoms with Crippen LogP contribution in [0.3, 0.4) is 0 Å². The predicted molar refractivity (Wildman–Crippen MR) is 71.0 cm³/mol. The number of nitrogens with two attached hydrogens (primary N) is 1. The van der Waals surface area contributed by atoms with Crippen molar-refractivity contribution in [2.45, 2.75) is 13.3 Å². The average molecular weight is 290 g/mol. The Morgan fingerprint density at radius 2 is 2.13 bits per heavy atom. The van der Waals surface area contributed by atoms with Crippen LogP contribution in [-0.2, 0) is 6.42 Å². The highest BCUT2D eigenvalue weighted by Crippen LogP contribution is 2.24. The number of halogens is 2. The number of fused-ring (bicyclic) bond motifs is 1. The first kappa shape index (κ1) is 12.6. The van der Waals surface area contributed by atoms with Crippen LogP contribution in [0.1, 0.15) is 11.1 Å². The Bertz CT molecular complexity index is 465. The van der Waals surface area contributed by atoms with E-state index >= 15 is 0 Å². The number of benzene rings is 1. The van der Waals surface area contributed by atoms with Gasteiger partial charge in [0.1, 0.15) is 0 Å². The van der Waals surface area contributed by atoms with Crippen molar-refractivity contribution in [3.63, 3.8) is 0 Å². The summed E-state index contributed by atoms with van der Waals surface area (Å²) in [7, 11) is 0. The number of hydrogen-bond donors (Lipinski definition) is 1. The summed E-state index contributed by atoms with van der Waals surface area (Å²) in [5.74, 6) is 0. The zero-order chi connectivity index (χ0) is 10.1. The minimum absolute atomic E-state index is 0. The highest BCUT2D eigenvalue weighted by molar-refractivity contribution is 9.08. The average Bonchev–Trinajstić information content (AvgIpc) is 2.44. The maximum atomic E-state index is 5.57. The Kier molecular flexibility index (Phi) is 4.20. The van der Waals surface area contributed by atoms with E-state index in [1.807, 2.05) is 3.59 Å². The molecule has 0 amide bonds. The van der Waals surface area contributed by atoms with Crippen LogP contribution >= 0.6 is 28.6 Å². The summed E-state index contributed by atoms with van der Waals surface area (Å²) >= 11 is 3.50. The largest absolute Gasteiger partial charge is 0.330 e. The van der Waals surface area contributed by atoms with E-state index in [-0.39, 0.29) is 12.4 Å². The van der Waals surface area contributed by atoms with Crippen LogP contribution in [0, 0.1) is 6.92 Å². The number of rotatable bonds is 2. The molecule has 0 atom stereocenters. The molecule has 15 heavy (non-hydrogen) atoms. The maximum Gasteiger partial charge on any atom is 0.0596 e. The first-order valence-corrected chi connectivity index (χ1v) is 5.40. The third-order valence-corrected chi connectivity index (χ3v) is 3.00. The highest BCUT2D eigenvalue weighted by atomic mass is 79.9. The van der Waals surface area contributed by atoms with Crippen molar-refractivity contribution >= 4 is 39.5 Å². The number of aromatic nitrogens is 1. The molecule has 0 unspecified atom stereocenters. The molecule has 0 aliphatic rings. The van der Waals surface area contributed by atoms with Gasteiger partial charge >= 0.3 is 0 Å². The monoisotopic (exact) mass is 288 g/mol. The van der Waals surface area contributed by atoms with Gasteiger partial charge in [0.15, 0.2) is 0 Å². The number of aryl methyl sites for hydroxylation is 1. The molecule has 0 aliphatic carbocycles. The summed E-state index contributed by atoms with van der Waals surface area (Å²) < 4.78 is 1.99. The maximum absolute atomic E-state index is 5.57. The van der Waals surface area contributed by atoms with Crippen LogP contribution in [0.25, 0.3) is 10.9 Å². The second kappa shape index (κ2) is 5.01. The van der Waals surface area contributed by atoms with Gasteiger partial charge in [0.25, 0.3) is 0 Å². The minimum atomic E-state index is 0. The number of nitrogens with zero attached hydrogens (tertiary/aromatic N) is 1. The Labute approximate surface area is 104 Å². The van der Waals surface area contributed by atoms with Gasteiger partial charge in [-0.3, -0.25) is 3.59 Å². The van der Waals surface area contributed by atoms with Gasteiger partial charge in [0.05, 0.1) is 21.7 Å². The van der Waals surface area contributed by atoms with Crippen molar-refractivity contribution in [2.75, 3.05) is 6.54 Å². The molecule has 0 saturated carbocycles. The van der Waals surface area contributed by atoms with Crippen molar-refractivity contribution in [1.82, 2.24) is 3.59 Å². The molecule has 82 valence electrons. The lowest BCUT2D eigenvalue weighted by Gasteiger charge is -1.97. The van der Waals surface area contributed by atoms with Crippen LogP contribution < -0.4 is 5.73 Å². The quantitative estimate of drug-likeness (QED) is 0.905. The molecule has 2 rings (SSSR count). The fraction of sp³-hybridized carbons (Fsp3) is 0.273. The molecule has 2 aromatic rings. The molecule has 4 heteroatoms. The van der Waals surface area contributed by atoms with Crippen LogP contribution in [0.15, 0.2) is 24.4 Å². The van der Waals surface area contributed by atoms with Gasteiger partial charge in [-0.1, -0.05) is 12.1 Å².